The molecule has 1 saturated carbocycles. The topological polar surface area (TPSA) is 24.9 Å². The van der Waals surface area contributed by atoms with E-state index in [-0.39, 0.29) is 0 Å². The molecular formula is C16H28N2S. The van der Waals surface area contributed by atoms with Crippen molar-refractivity contribution in [2.75, 3.05) is 0 Å². The highest BCUT2D eigenvalue weighted by molar-refractivity contribution is 7.09. The van der Waals surface area contributed by atoms with E-state index >= 15 is 0 Å². The minimum Gasteiger partial charge on any atom is -0.309 e. The molecule has 2 nitrogen and oxygen atoms in total. The summed E-state index contributed by atoms with van der Waals surface area (Å²) in [6, 6.07) is 0.724. The number of hydrogen-bond donors (Lipinski definition) is 1. The molecular weight excluding hydrogens is 252 g/mol. The number of thiazole rings is 1. The molecule has 0 saturated heterocycles. The van der Waals surface area contributed by atoms with Crippen LogP contribution >= 0.6 is 11.3 Å². The van der Waals surface area contributed by atoms with Gasteiger partial charge in [-0.3, -0.25) is 4.98 Å². The molecule has 1 aliphatic rings. The molecule has 0 bridgehead atoms. The number of aromatic nitrogens is 1. The van der Waals surface area contributed by atoms with Crippen molar-refractivity contribution in [3.05, 3.63) is 16.6 Å². The van der Waals surface area contributed by atoms with Gasteiger partial charge in [-0.2, -0.15) is 0 Å². The first-order chi connectivity index (χ1) is 9.45. The van der Waals surface area contributed by atoms with Gasteiger partial charge in [-0.1, -0.05) is 57.8 Å². The van der Waals surface area contributed by atoms with Gasteiger partial charge < -0.3 is 5.32 Å². The second-order valence-electron chi connectivity index (χ2n) is 5.80. The maximum Gasteiger partial charge on any atom is 0.0794 e. The summed E-state index contributed by atoms with van der Waals surface area (Å²) in [5.74, 6) is 0. The van der Waals surface area contributed by atoms with Crippen molar-refractivity contribution in [1.82, 2.24) is 10.3 Å². The standard InChI is InChI=1S/C16H28N2S/c1-2-4-6-8-10-15(11-9-7-5-3-1)18-13-16-12-17-14-19-16/h12,14-15,18H,1-11,13H2. The van der Waals surface area contributed by atoms with E-state index in [2.05, 4.69) is 10.3 Å². The smallest absolute Gasteiger partial charge is 0.0794 e. The van der Waals surface area contributed by atoms with Gasteiger partial charge in [-0.05, 0) is 12.8 Å². The summed E-state index contributed by atoms with van der Waals surface area (Å²) in [6.07, 6.45) is 17.6. The van der Waals surface area contributed by atoms with Gasteiger partial charge in [0, 0.05) is 23.7 Å². The minimum absolute atomic E-state index is 0.724. The largest absolute Gasteiger partial charge is 0.309 e. The van der Waals surface area contributed by atoms with Gasteiger partial charge in [0.05, 0.1) is 5.51 Å². The zero-order valence-corrected chi connectivity index (χ0v) is 12.9. The molecule has 0 aliphatic heterocycles. The van der Waals surface area contributed by atoms with E-state index in [1.807, 2.05) is 11.7 Å². The van der Waals surface area contributed by atoms with Crippen molar-refractivity contribution in [3.8, 4) is 0 Å². The second-order valence-corrected chi connectivity index (χ2v) is 6.78. The fourth-order valence-corrected chi connectivity index (χ4v) is 3.49. The summed E-state index contributed by atoms with van der Waals surface area (Å²) in [7, 11) is 0. The van der Waals surface area contributed by atoms with Crippen molar-refractivity contribution >= 4 is 11.3 Å². The van der Waals surface area contributed by atoms with Crippen LogP contribution in [0.2, 0.25) is 0 Å². The summed E-state index contributed by atoms with van der Waals surface area (Å²) in [5.41, 5.74) is 1.93. The first-order valence-electron chi connectivity index (χ1n) is 8.06. The van der Waals surface area contributed by atoms with Crippen LogP contribution in [-0.2, 0) is 6.54 Å². The van der Waals surface area contributed by atoms with Crippen LogP contribution in [0.25, 0.3) is 0 Å². The Morgan fingerprint density at radius 2 is 1.53 bits per heavy atom. The molecule has 1 fully saturated rings. The molecule has 2 rings (SSSR count). The van der Waals surface area contributed by atoms with E-state index in [9.17, 15) is 0 Å². The van der Waals surface area contributed by atoms with Crippen LogP contribution in [-0.4, -0.2) is 11.0 Å². The first-order valence-corrected chi connectivity index (χ1v) is 8.94. The Morgan fingerprint density at radius 3 is 2.05 bits per heavy atom. The van der Waals surface area contributed by atoms with Crippen molar-refractivity contribution in [2.24, 2.45) is 0 Å². The summed E-state index contributed by atoms with van der Waals surface area (Å²) >= 11 is 1.76. The Labute approximate surface area is 122 Å². The van der Waals surface area contributed by atoms with Crippen LogP contribution in [0.15, 0.2) is 11.7 Å². The molecule has 1 aromatic rings. The van der Waals surface area contributed by atoms with Gasteiger partial charge in [0.1, 0.15) is 0 Å². The van der Waals surface area contributed by atoms with Crippen LogP contribution in [0.4, 0.5) is 0 Å². The summed E-state index contributed by atoms with van der Waals surface area (Å²) in [5, 5.41) is 3.75. The lowest BCUT2D eigenvalue weighted by molar-refractivity contribution is 0.404. The van der Waals surface area contributed by atoms with Crippen LogP contribution in [0.5, 0.6) is 0 Å². The van der Waals surface area contributed by atoms with Crippen LogP contribution in [0.1, 0.15) is 75.5 Å². The summed E-state index contributed by atoms with van der Waals surface area (Å²) in [6.45, 7) is 1.01. The molecule has 0 aromatic carbocycles. The monoisotopic (exact) mass is 280 g/mol. The quantitative estimate of drug-likeness (QED) is 0.851. The molecule has 108 valence electrons. The third-order valence-electron chi connectivity index (χ3n) is 4.15. The van der Waals surface area contributed by atoms with E-state index in [0.717, 1.165) is 12.6 Å². The van der Waals surface area contributed by atoms with E-state index < -0.39 is 0 Å². The number of nitrogens with zero attached hydrogens (tertiary/aromatic N) is 1. The Bertz CT molecular complexity index is 299. The number of hydrogen-bond acceptors (Lipinski definition) is 3. The van der Waals surface area contributed by atoms with Gasteiger partial charge in [0.15, 0.2) is 0 Å². The Morgan fingerprint density at radius 1 is 0.947 bits per heavy atom. The zero-order chi connectivity index (χ0) is 13.2. The average Bonchev–Trinajstić information content (AvgIpc) is 2.91. The second kappa shape index (κ2) is 9.49. The maximum atomic E-state index is 4.15. The third kappa shape index (κ3) is 6.53. The van der Waals surface area contributed by atoms with Crippen LogP contribution in [0.3, 0.4) is 0 Å². The van der Waals surface area contributed by atoms with E-state index in [0.29, 0.717) is 0 Å². The lowest BCUT2D eigenvalue weighted by Gasteiger charge is -2.19. The van der Waals surface area contributed by atoms with Gasteiger partial charge in [-0.15, -0.1) is 11.3 Å². The molecule has 1 N–H and O–H groups in total. The molecule has 3 heteroatoms. The summed E-state index contributed by atoms with van der Waals surface area (Å²) < 4.78 is 0. The molecule has 1 aliphatic carbocycles. The van der Waals surface area contributed by atoms with E-state index in [1.54, 1.807) is 11.3 Å². The first kappa shape index (κ1) is 15.0. The van der Waals surface area contributed by atoms with Crippen LogP contribution < -0.4 is 5.32 Å². The molecule has 1 aromatic heterocycles. The minimum atomic E-state index is 0.724. The van der Waals surface area contributed by atoms with Crippen molar-refractivity contribution < 1.29 is 0 Å². The van der Waals surface area contributed by atoms with Crippen molar-refractivity contribution in [2.45, 2.75) is 83.2 Å². The highest BCUT2D eigenvalue weighted by Crippen LogP contribution is 2.17. The Hall–Kier alpha value is -0.410. The fraction of sp³-hybridized carbons (Fsp3) is 0.812. The average molecular weight is 280 g/mol. The number of nitrogens with one attached hydrogen (secondary N) is 1. The lowest BCUT2D eigenvalue weighted by Crippen LogP contribution is -2.28. The highest BCUT2D eigenvalue weighted by atomic mass is 32.1. The molecule has 0 atom stereocenters. The van der Waals surface area contributed by atoms with Gasteiger partial charge in [-0.25, -0.2) is 0 Å². The lowest BCUT2D eigenvalue weighted by atomic mass is 9.98. The van der Waals surface area contributed by atoms with Gasteiger partial charge >= 0.3 is 0 Å². The predicted molar refractivity (Wildman–Crippen MR) is 83.5 cm³/mol. The molecule has 0 unspecified atom stereocenters. The predicted octanol–water partition coefficient (Wildman–Crippen LogP) is 4.91. The SMILES string of the molecule is c1ncc(CNC2CCCCCCCCCCC2)s1. The molecule has 0 radical (unpaired) electrons. The molecule has 19 heavy (non-hydrogen) atoms. The highest BCUT2D eigenvalue weighted by Gasteiger charge is 2.09. The Kier molecular flexibility index (Phi) is 7.48. The van der Waals surface area contributed by atoms with Gasteiger partial charge in [0.25, 0.3) is 0 Å². The van der Waals surface area contributed by atoms with E-state index in [1.165, 1.54) is 75.5 Å². The van der Waals surface area contributed by atoms with Crippen LogP contribution in [0, 0.1) is 0 Å². The number of rotatable bonds is 3. The maximum absolute atomic E-state index is 4.15. The summed E-state index contributed by atoms with van der Waals surface area (Å²) in [4.78, 5) is 5.51. The normalized spacial score (nSPS) is 20.6. The molecule has 1 heterocycles. The third-order valence-corrected chi connectivity index (χ3v) is 4.93. The van der Waals surface area contributed by atoms with Gasteiger partial charge in [0.2, 0.25) is 0 Å². The zero-order valence-electron chi connectivity index (χ0n) is 12.1. The molecule has 0 spiro atoms. The fourth-order valence-electron chi connectivity index (χ4n) is 2.94. The van der Waals surface area contributed by atoms with Crippen molar-refractivity contribution in [3.63, 3.8) is 0 Å². The molecule has 0 amide bonds. The Balaban J connectivity index is 1.71. The van der Waals surface area contributed by atoms with E-state index in [4.69, 9.17) is 0 Å². The van der Waals surface area contributed by atoms with Crippen molar-refractivity contribution in [1.29, 1.82) is 0 Å².